The summed E-state index contributed by atoms with van der Waals surface area (Å²) in [4.78, 5) is 16.6. The molecule has 1 saturated heterocycles. The molecule has 15 heavy (non-hydrogen) atoms. The summed E-state index contributed by atoms with van der Waals surface area (Å²) >= 11 is 0. The SMILES string of the molecule is O=Cc1ccc(N2CCC[C@@H]2CO)cn1. The molecule has 2 rings (SSSR count). The summed E-state index contributed by atoms with van der Waals surface area (Å²) in [5, 5.41) is 9.18. The van der Waals surface area contributed by atoms with Crippen molar-refractivity contribution in [3.63, 3.8) is 0 Å². The van der Waals surface area contributed by atoms with E-state index in [0.717, 1.165) is 31.4 Å². The van der Waals surface area contributed by atoms with Gasteiger partial charge in [-0.2, -0.15) is 0 Å². The van der Waals surface area contributed by atoms with E-state index in [1.165, 1.54) is 0 Å². The van der Waals surface area contributed by atoms with Crippen molar-refractivity contribution in [2.45, 2.75) is 18.9 Å². The molecule has 0 aliphatic carbocycles. The summed E-state index contributed by atoms with van der Waals surface area (Å²) in [5.41, 5.74) is 1.43. The Hall–Kier alpha value is -1.42. The number of carbonyl (C=O) groups excluding carboxylic acids is 1. The smallest absolute Gasteiger partial charge is 0.168 e. The van der Waals surface area contributed by atoms with Crippen LogP contribution in [0.5, 0.6) is 0 Å². The predicted molar refractivity (Wildman–Crippen MR) is 57.1 cm³/mol. The van der Waals surface area contributed by atoms with Gasteiger partial charge in [0.15, 0.2) is 6.29 Å². The zero-order valence-corrected chi connectivity index (χ0v) is 8.47. The quantitative estimate of drug-likeness (QED) is 0.745. The maximum atomic E-state index is 10.4. The lowest BCUT2D eigenvalue weighted by Crippen LogP contribution is -2.32. The van der Waals surface area contributed by atoms with E-state index in [4.69, 9.17) is 0 Å². The second kappa shape index (κ2) is 4.40. The molecule has 0 radical (unpaired) electrons. The van der Waals surface area contributed by atoms with Crippen LogP contribution in [-0.2, 0) is 0 Å². The lowest BCUT2D eigenvalue weighted by atomic mass is 10.2. The average molecular weight is 206 g/mol. The molecular formula is C11H14N2O2. The maximum Gasteiger partial charge on any atom is 0.168 e. The Bertz CT molecular complexity index is 337. The van der Waals surface area contributed by atoms with Crippen molar-refractivity contribution in [1.82, 2.24) is 4.98 Å². The van der Waals surface area contributed by atoms with E-state index in [-0.39, 0.29) is 12.6 Å². The molecule has 0 unspecified atom stereocenters. The van der Waals surface area contributed by atoms with E-state index >= 15 is 0 Å². The van der Waals surface area contributed by atoms with Crippen LogP contribution in [-0.4, -0.2) is 35.6 Å². The van der Waals surface area contributed by atoms with E-state index < -0.39 is 0 Å². The highest BCUT2D eigenvalue weighted by atomic mass is 16.3. The van der Waals surface area contributed by atoms with Crippen molar-refractivity contribution in [3.05, 3.63) is 24.0 Å². The monoisotopic (exact) mass is 206 g/mol. The molecule has 1 aromatic heterocycles. The number of hydrogen-bond donors (Lipinski definition) is 1. The minimum absolute atomic E-state index is 0.176. The van der Waals surface area contributed by atoms with Crippen molar-refractivity contribution in [2.75, 3.05) is 18.1 Å². The number of aliphatic hydroxyl groups is 1. The van der Waals surface area contributed by atoms with E-state index in [0.29, 0.717) is 5.69 Å². The zero-order chi connectivity index (χ0) is 10.7. The molecule has 1 aliphatic heterocycles. The van der Waals surface area contributed by atoms with Gasteiger partial charge in [-0.1, -0.05) is 0 Å². The summed E-state index contributed by atoms with van der Waals surface area (Å²) < 4.78 is 0. The highest BCUT2D eigenvalue weighted by Gasteiger charge is 2.23. The maximum absolute atomic E-state index is 10.4. The molecule has 4 heteroatoms. The van der Waals surface area contributed by atoms with Crippen molar-refractivity contribution < 1.29 is 9.90 Å². The Morgan fingerprint density at radius 2 is 2.47 bits per heavy atom. The van der Waals surface area contributed by atoms with E-state index in [1.54, 1.807) is 12.3 Å². The van der Waals surface area contributed by atoms with Crippen molar-refractivity contribution in [3.8, 4) is 0 Å². The van der Waals surface area contributed by atoms with Gasteiger partial charge in [0.05, 0.1) is 24.5 Å². The molecule has 4 nitrogen and oxygen atoms in total. The number of aldehydes is 1. The van der Waals surface area contributed by atoms with Crippen LogP contribution in [0.2, 0.25) is 0 Å². The van der Waals surface area contributed by atoms with Gasteiger partial charge in [0.1, 0.15) is 5.69 Å². The number of nitrogens with zero attached hydrogens (tertiary/aromatic N) is 2. The first-order valence-electron chi connectivity index (χ1n) is 5.14. The second-order valence-corrected chi connectivity index (χ2v) is 3.73. The topological polar surface area (TPSA) is 53.4 Å². The Morgan fingerprint density at radius 3 is 3.07 bits per heavy atom. The van der Waals surface area contributed by atoms with Crippen LogP contribution >= 0.6 is 0 Å². The fraction of sp³-hybridized carbons (Fsp3) is 0.455. The Morgan fingerprint density at radius 1 is 1.60 bits per heavy atom. The molecule has 0 aromatic carbocycles. The molecule has 1 N–H and O–H groups in total. The minimum atomic E-state index is 0.176. The first kappa shape index (κ1) is 10.1. The number of aliphatic hydroxyl groups excluding tert-OH is 1. The lowest BCUT2D eigenvalue weighted by molar-refractivity contribution is 0.111. The molecule has 1 atom stereocenters. The minimum Gasteiger partial charge on any atom is -0.394 e. The van der Waals surface area contributed by atoms with E-state index in [2.05, 4.69) is 9.88 Å². The van der Waals surface area contributed by atoms with Gasteiger partial charge >= 0.3 is 0 Å². The number of anilines is 1. The Labute approximate surface area is 88.6 Å². The van der Waals surface area contributed by atoms with Crippen LogP contribution in [0.1, 0.15) is 23.3 Å². The fourth-order valence-electron chi connectivity index (χ4n) is 2.00. The van der Waals surface area contributed by atoms with Gasteiger partial charge in [-0.05, 0) is 25.0 Å². The molecular weight excluding hydrogens is 192 g/mol. The summed E-state index contributed by atoms with van der Waals surface area (Å²) in [6.07, 6.45) is 4.54. The third kappa shape index (κ3) is 1.99. The summed E-state index contributed by atoms with van der Waals surface area (Å²) in [6.45, 7) is 1.13. The highest BCUT2D eigenvalue weighted by Crippen LogP contribution is 2.24. The van der Waals surface area contributed by atoms with Gasteiger partial charge in [0, 0.05) is 6.54 Å². The number of pyridine rings is 1. The van der Waals surface area contributed by atoms with E-state index in [1.807, 2.05) is 6.07 Å². The molecule has 80 valence electrons. The molecule has 0 amide bonds. The molecule has 1 aromatic rings. The van der Waals surface area contributed by atoms with Crippen LogP contribution in [0.4, 0.5) is 5.69 Å². The third-order valence-corrected chi connectivity index (χ3v) is 2.81. The lowest BCUT2D eigenvalue weighted by Gasteiger charge is -2.24. The predicted octanol–water partition coefficient (Wildman–Crippen LogP) is 0.855. The first-order valence-corrected chi connectivity index (χ1v) is 5.14. The van der Waals surface area contributed by atoms with Crippen LogP contribution in [0.25, 0.3) is 0 Å². The van der Waals surface area contributed by atoms with Crippen LogP contribution in [0.15, 0.2) is 18.3 Å². The van der Waals surface area contributed by atoms with Gasteiger partial charge in [0.2, 0.25) is 0 Å². The fourth-order valence-corrected chi connectivity index (χ4v) is 2.00. The summed E-state index contributed by atoms with van der Waals surface area (Å²) in [6, 6.07) is 3.79. The zero-order valence-electron chi connectivity index (χ0n) is 8.47. The van der Waals surface area contributed by atoms with Crippen molar-refractivity contribution >= 4 is 12.0 Å². The number of aromatic nitrogens is 1. The number of carbonyl (C=O) groups is 1. The Kier molecular flexibility index (Phi) is 2.97. The normalized spacial score (nSPS) is 20.6. The van der Waals surface area contributed by atoms with Crippen LogP contribution in [0.3, 0.4) is 0 Å². The summed E-state index contributed by atoms with van der Waals surface area (Å²) in [5.74, 6) is 0. The van der Waals surface area contributed by atoms with Gasteiger partial charge < -0.3 is 10.0 Å². The van der Waals surface area contributed by atoms with Crippen LogP contribution in [0, 0.1) is 0 Å². The second-order valence-electron chi connectivity index (χ2n) is 3.73. The van der Waals surface area contributed by atoms with Crippen molar-refractivity contribution in [1.29, 1.82) is 0 Å². The highest BCUT2D eigenvalue weighted by molar-refractivity contribution is 5.72. The van der Waals surface area contributed by atoms with E-state index in [9.17, 15) is 9.90 Å². The number of hydrogen-bond acceptors (Lipinski definition) is 4. The largest absolute Gasteiger partial charge is 0.394 e. The molecule has 0 saturated carbocycles. The summed E-state index contributed by atoms with van der Waals surface area (Å²) in [7, 11) is 0. The van der Waals surface area contributed by atoms with Gasteiger partial charge in [-0.15, -0.1) is 0 Å². The molecule has 1 fully saturated rings. The van der Waals surface area contributed by atoms with Gasteiger partial charge in [0.25, 0.3) is 0 Å². The average Bonchev–Trinajstić information content (AvgIpc) is 2.77. The number of rotatable bonds is 3. The van der Waals surface area contributed by atoms with Gasteiger partial charge in [-0.25, -0.2) is 0 Å². The standard InChI is InChI=1S/C11H14N2O2/c14-7-9-3-4-10(6-12-9)13-5-1-2-11(13)8-15/h3-4,6-7,11,15H,1-2,5,8H2/t11-/m1/s1. The molecule has 2 heterocycles. The van der Waals surface area contributed by atoms with Crippen molar-refractivity contribution in [2.24, 2.45) is 0 Å². The molecule has 0 spiro atoms. The first-order chi connectivity index (χ1) is 7.35. The molecule has 0 bridgehead atoms. The van der Waals surface area contributed by atoms with Gasteiger partial charge in [-0.3, -0.25) is 9.78 Å². The van der Waals surface area contributed by atoms with Crippen LogP contribution < -0.4 is 4.90 Å². The Balaban J connectivity index is 2.17. The molecule has 1 aliphatic rings. The third-order valence-electron chi connectivity index (χ3n) is 2.81.